The molecule has 0 aromatic heterocycles. The maximum Gasteiger partial charge on any atom is 0.0756 e. The van der Waals surface area contributed by atoms with Crippen molar-refractivity contribution in [1.82, 2.24) is 5.32 Å². The SMILES string of the molecule is CCCCCCC(CC)[C@H]1OCCNC1CC. The first-order valence-electron chi connectivity index (χ1n) is 7.68. The number of nitrogens with one attached hydrogen (secondary N) is 1. The summed E-state index contributed by atoms with van der Waals surface area (Å²) in [6.07, 6.45) is 9.74. The fraction of sp³-hybridized carbons (Fsp3) is 1.00. The van der Waals surface area contributed by atoms with E-state index in [1.54, 1.807) is 0 Å². The van der Waals surface area contributed by atoms with Crippen LogP contribution < -0.4 is 5.32 Å². The summed E-state index contributed by atoms with van der Waals surface area (Å²) < 4.78 is 6.03. The van der Waals surface area contributed by atoms with E-state index in [4.69, 9.17) is 4.74 Å². The largest absolute Gasteiger partial charge is 0.375 e. The third-order valence-electron chi connectivity index (χ3n) is 4.07. The van der Waals surface area contributed by atoms with Crippen LogP contribution in [-0.4, -0.2) is 25.3 Å². The number of ether oxygens (including phenoxy) is 1. The molecule has 1 heterocycles. The van der Waals surface area contributed by atoms with Crippen LogP contribution in [0.2, 0.25) is 0 Å². The average molecular weight is 241 g/mol. The normalized spacial score (nSPS) is 27.0. The molecule has 0 bridgehead atoms. The highest BCUT2D eigenvalue weighted by molar-refractivity contribution is 4.84. The molecule has 2 nitrogen and oxygen atoms in total. The first-order valence-corrected chi connectivity index (χ1v) is 7.68. The number of unbranched alkanes of at least 4 members (excludes halogenated alkanes) is 3. The molecule has 17 heavy (non-hydrogen) atoms. The second-order valence-corrected chi connectivity index (χ2v) is 5.32. The van der Waals surface area contributed by atoms with E-state index >= 15 is 0 Å². The summed E-state index contributed by atoms with van der Waals surface area (Å²) >= 11 is 0. The topological polar surface area (TPSA) is 21.3 Å². The average Bonchev–Trinajstić information content (AvgIpc) is 2.39. The van der Waals surface area contributed by atoms with E-state index in [0.29, 0.717) is 12.1 Å². The molecule has 1 aliphatic rings. The van der Waals surface area contributed by atoms with Gasteiger partial charge in [0.2, 0.25) is 0 Å². The molecule has 2 heteroatoms. The molecule has 1 rings (SSSR count). The van der Waals surface area contributed by atoms with Crippen LogP contribution in [0.4, 0.5) is 0 Å². The monoisotopic (exact) mass is 241 g/mol. The van der Waals surface area contributed by atoms with E-state index in [2.05, 4.69) is 26.1 Å². The smallest absolute Gasteiger partial charge is 0.0756 e. The van der Waals surface area contributed by atoms with Gasteiger partial charge in [0.15, 0.2) is 0 Å². The molecule has 0 amide bonds. The number of morpholine rings is 1. The molecule has 1 fully saturated rings. The van der Waals surface area contributed by atoms with Gasteiger partial charge in [0.1, 0.15) is 0 Å². The van der Waals surface area contributed by atoms with Gasteiger partial charge in [-0.25, -0.2) is 0 Å². The fourth-order valence-corrected chi connectivity index (χ4v) is 2.95. The summed E-state index contributed by atoms with van der Waals surface area (Å²) in [5, 5.41) is 3.61. The van der Waals surface area contributed by atoms with Gasteiger partial charge in [-0.05, 0) is 18.8 Å². The Balaban J connectivity index is 2.35. The molecule has 1 N–H and O–H groups in total. The maximum atomic E-state index is 6.03. The molecular formula is C15H31NO. The van der Waals surface area contributed by atoms with Crippen molar-refractivity contribution in [3.05, 3.63) is 0 Å². The Hall–Kier alpha value is -0.0800. The lowest BCUT2D eigenvalue weighted by Crippen LogP contribution is -2.51. The van der Waals surface area contributed by atoms with Crippen molar-refractivity contribution in [1.29, 1.82) is 0 Å². The second-order valence-electron chi connectivity index (χ2n) is 5.32. The van der Waals surface area contributed by atoms with Crippen LogP contribution in [0.3, 0.4) is 0 Å². The zero-order chi connectivity index (χ0) is 12.5. The minimum atomic E-state index is 0.459. The van der Waals surface area contributed by atoms with Gasteiger partial charge >= 0.3 is 0 Å². The Morgan fingerprint density at radius 2 is 2.00 bits per heavy atom. The second kappa shape index (κ2) is 8.93. The lowest BCUT2D eigenvalue weighted by molar-refractivity contribution is -0.0438. The van der Waals surface area contributed by atoms with Crippen molar-refractivity contribution in [2.45, 2.75) is 77.9 Å². The molecule has 1 saturated heterocycles. The van der Waals surface area contributed by atoms with Crippen LogP contribution in [-0.2, 0) is 4.74 Å². The van der Waals surface area contributed by atoms with E-state index in [9.17, 15) is 0 Å². The van der Waals surface area contributed by atoms with Crippen LogP contribution in [0.5, 0.6) is 0 Å². The van der Waals surface area contributed by atoms with Crippen molar-refractivity contribution in [3.63, 3.8) is 0 Å². The van der Waals surface area contributed by atoms with Gasteiger partial charge in [0, 0.05) is 12.6 Å². The summed E-state index contributed by atoms with van der Waals surface area (Å²) in [5.41, 5.74) is 0. The Morgan fingerprint density at radius 1 is 1.18 bits per heavy atom. The van der Waals surface area contributed by atoms with Crippen LogP contribution in [0, 0.1) is 5.92 Å². The van der Waals surface area contributed by atoms with Gasteiger partial charge < -0.3 is 10.1 Å². The highest BCUT2D eigenvalue weighted by Gasteiger charge is 2.30. The van der Waals surface area contributed by atoms with Gasteiger partial charge in [0.25, 0.3) is 0 Å². The van der Waals surface area contributed by atoms with E-state index in [1.165, 1.54) is 44.9 Å². The minimum Gasteiger partial charge on any atom is -0.375 e. The third-order valence-corrected chi connectivity index (χ3v) is 4.07. The predicted octanol–water partition coefficient (Wildman–Crippen LogP) is 3.75. The Kier molecular flexibility index (Phi) is 7.87. The minimum absolute atomic E-state index is 0.459. The maximum absolute atomic E-state index is 6.03. The zero-order valence-electron chi connectivity index (χ0n) is 12.0. The summed E-state index contributed by atoms with van der Waals surface area (Å²) in [6.45, 7) is 8.78. The molecule has 1 aliphatic heterocycles. The Morgan fingerprint density at radius 3 is 2.65 bits per heavy atom. The summed E-state index contributed by atoms with van der Waals surface area (Å²) in [7, 11) is 0. The summed E-state index contributed by atoms with van der Waals surface area (Å²) in [4.78, 5) is 0. The lowest BCUT2D eigenvalue weighted by Gasteiger charge is -2.37. The van der Waals surface area contributed by atoms with Crippen LogP contribution in [0.15, 0.2) is 0 Å². The van der Waals surface area contributed by atoms with Crippen LogP contribution >= 0.6 is 0 Å². The molecule has 2 unspecified atom stereocenters. The van der Waals surface area contributed by atoms with Crippen molar-refractivity contribution < 1.29 is 4.74 Å². The number of rotatable bonds is 8. The van der Waals surface area contributed by atoms with Crippen LogP contribution in [0.25, 0.3) is 0 Å². The highest BCUT2D eigenvalue weighted by Crippen LogP contribution is 2.25. The Labute approximate surface area is 108 Å². The predicted molar refractivity (Wildman–Crippen MR) is 74.4 cm³/mol. The van der Waals surface area contributed by atoms with Crippen molar-refractivity contribution in [2.75, 3.05) is 13.2 Å². The van der Waals surface area contributed by atoms with E-state index in [0.717, 1.165) is 19.1 Å². The number of hydrogen-bond donors (Lipinski definition) is 1. The standard InChI is InChI=1S/C15H31NO/c1-4-7-8-9-10-13(5-2)15-14(6-3)16-11-12-17-15/h13-16H,4-12H2,1-3H3/t13?,14?,15-/m1/s1. The van der Waals surface area contributed by atoms with Gasteiger partial charge in [0.05, 0.1) is 12.7 Å². The van der Waals surface area contributed by atoms with Crippen molar-refractivity contribution in [3.8, 4) is 0 Å². The molecule has 102 valence electrons. The number of hydrogen-bond acceptors (Lipinski definition) is 2. The molecule has 0 aliphatic carbocycles. The van der Waals surface area contributed by atoms with Gasteiger partial charge in [-0.2, -0.15) is 0 Å². The van der Waals surface area contributed by atoms with Crippen molar-refractivity contribution >= 4 is 0 Å². The van der Waals surface area contributed by atoms with E-state index in [1.807, 2.05) is 0 Å². The summed E-state index contributed by atoms with van der Waals surface area (Å²) in [5.74, 6) is 0.754. The molecule has 3 atom stereocenters. The van der Waals surface area contributed by atoms with Gasteiger partial charge in [-0.1, -0.05) is 52.9 Å². The Bertz CT molecular complexity index is 184. The van der Waals surface area contributed by atoms with Gasteiger partial charge in [-0.3, -0.25) is 0 Å². The molecule has 0 aromatic rings. The molecule has 0 aromatic carbocycles. The fourth-order valence-electron chi connectivity index (χ4n) is 2.95. The van der Waals surface area contributed by atoms with Crippen molar-refractivity contribution in [2.24, 2.45) is 5.92 Å². The molecule has 0 radical (unpaired) electrons. The lowest BCUT2D eigenvalue weighted by atomic mass is 9.87. The quantitative estimate of drug-likeness (QED) is 0.653. The summed E-state index contributed by atoms with van der Waals surface area (Å²) in [6, 6.07) is 0.583. The van der Waals surface area contributed by atoms with Crippen LogP contribution in [0.1, 0.15) is 65.7 Å². The van der Waals surface area contributed by atoms with Gasteiger partial charge in [-0.15, -0.1) is 0 Å². The molecule has 0 spiro atoms. The first-order chi connectivity index (χ1) is 8.33. The first kappa shape index (κ1) is 15.0. The zero-order valence-corrected chi connectivity index (χ0v) is 12.0. The molecular weight excluding hydrogens is 210 g/mol. The molecule has 0 saturated carbocycles. The van der Waals surface area contributed by atoms with E-state index < -0.39 is 0 Å². The third kappa shape index (κ3) is 4.97. The van der Waals surface area contributed by atoms with E-state index in [-0.39, 0.29) is 0 Å². The highest BCUT2D eigenvalue weighted by atomic mass is 16.5.